The molecular weight excluding hydrogens is 423 g/mol. The van der Waals surface area contributed by atoms with Gasteiger partial charge < -0.3 is 25.7 Å². The molecule has 3 aliphatic rings. The highest BCUT2D eigenvalue weighted by molar-refractivity contribution is 6.16. The van der Waals surface area contributed by atoms with Crippen LogP contribution in [0, 0.1) is 18.7 Å². The van der Waals surface area contributed by atoms with Gasteiger partial charge in [0.25, 0.3) is 0 Å². The van der Waals surface area contributed by atoms with Crippen molar-refractivity contribution < 1.29 is 9.13 Å². The van der Waals surface area contributed by atoms with Crippen molar-refractivity contribution in [3.63, 3.8) is 0 Å². The molecule has 9 nitrogen and oxygen atoms in total. The smallest absolute Gasteiger partial charge is 0.326 e. The number of rotatable bonds is 3. The van der Waals surface area contributed by atoms with E-state index in [-0.39, 0.29) is 30.0 Å². The molecule has 4 aromatic rings. The Labute approximate surface area is 188 Å². The van der Waals surface area contributed by atoms with Crippen molar-refractivity contribution in [1.82, 2.24) is 24.9 Å². The minimum Gasteiger partial charge on any atom is -0.421 e. The molecule has 5 heterocycles. The van der Waals surface area contributed by atoms with Crippen molar-refractivity contribution in [2.45, 2.75) is 44.3 Å². The van der Waals surface area contributed by atoms with Gasteiger partial charge in [0.15, 0.2) is 5.75 Å². The number of aromatic amines is 1. The van der Waals surface area contributed by atoms with Gasteiger partial charge in [0.05, 0.1) is 29.0 Å². The fourth-order valence-electron chi connectivity index (χ4n) is 6.14. The Hall–Kier alpha value is -3.53. The van der Waals surface area contributed by atoms with Crippen LogP contribution < -0.4 is 20.7 Å². The molecule has 0 unspecified atom stereocenters. The maximum Gasteiger partial charge on any atom is 0.326 e. The molecule has 10 heteroatoms. The Morgan fingerprint density at radius 1 is 1.21 bits per heavy atom. The molecule has 0 radical (unpaired) electrons. The van der Waals surface area contributed by atoms with Crippen LogP contribution in [0.5, 0.6) is 11.8 Å². The van der Waals surface area contributed by atoms with Gasteiger partial charge in [0.1, 0.15) is 23.1 Å². The second-order valence-corrected chi connectivity index (χ2v) is 9.26. The van der Waals surface area contributed by atoms with E-state index in [2.05, 4.69) is 30.2 Å². The standard InChI is InChI=1S/C23H23FN8O/c1-9-27-7-11(8-28-9)33-23-30-21-19-18-12(14(24)6-16(26-2)20(18)29-21)5-17-13-3-10(4-15(13)25)32(17)22(19)31-23/h6-8,10,13,15,17,26H,3-5,25H2,1-2H3,(H,29,30,31)/t10-,13+,15-,17+/m1/s1. The number of hydrogen-bond donors (Lipinski definition) is 3. The van der Waals surface area contributed by atoms with Crippen LogP contribution >= 0.6 is 0 Å². The Bertz CT molecular complexity index is 1430. The van der Waals surface area contributed by atoms with Crippen molar-refractivity contribution in [2.24, 2.45) is 11.7 Å². The maximum atomic E-state index is 15.4. The molecular formula is C23H23FN8O. The molecule has 168 valence electrons. The van der Waals surface area contributed by atoms with Gasteiger partial charge in [-0.25, -0.2) is 14.4 Å². The summed E-state index contributed by atoms with van der Waals surface area (Å²) in [6, 6.07) is 2.26. The van der Waals surface area contributed by atoms with Gasteiger partial charge in [0.2, 0.25) is 0 Å². The van der Waals surface area contributed by atoms with Gasteiger partial charge in [0, 0.05) is 36.1 Å². The van der Waals surface area contributed by atoms with Gasteiger partial charge in [-0.3, -0.25) is 0 Å². The lowest BCUT2D eigenvalue weighted by atomic mass is 9.89. The summed E-state index contributed by atoms with van der Waals surface area (Å²) in [5.74, 6) is 1.99. The molecule has 1 saturated carbocycles. The second kappa shape index (κ2) is 6.50. The predicted octanol–water partition coefficient (Wildman–Crippen LogP) is 3.03. The van der Waals surface area contributed by atoms with E-state index in [1.54, 1.807) is 25.5 Å². The minimum absolute atomic E-state index is 0.0953. The minimum atomic E-state index is -0.214. The van der Waals surface area contributed by atoms with Gasteiger partial charge in [-0.05, 0) is 38.2 Å². The number of ether oxygens (including phenoxy) is 1. The first kappa shape index (κ1) is 19.0. The summed E-state index contributed by atoms with van der Waals surface area (Å²) in [4.78, 5) is 23.7. The third kappa shape index (κ3) is 2.55. The number of halogens is 1. The van der Waals surface area contributed by atoms with Gasteiger partial charge in [-0.15, -0.1) is 0 Å². The van der Waals surface area contributed by atoms with Gasteiger partial charge in [-0.2, -0.15) is 9.97 Å². The number of aryl methyl sites for hydroxylation is 1. The molecule has 2 fully saturated rings. The zero-order valence-corrected chi connectivity index (χ0v) is 18.3. The Balaban J connectivity index is 1.50. The molecule has 4 atom stereocenters. The monoisotopic (exact) mass is 446 g/mol. The molecule has 4 N–H and O–H groups in total. The van der Waals surface area contributed by atoms with Crippen LogP contribution in [-0.4, -0.2) is 50.1 Å². The highest BCUT2D eigenvalue weighted by Gasteiger charge is 2.52. The first-order valence-electron chi connectivity index (χ1n) is 11.2. The fraction of sp³-hybridized carbons (Fsp3) is 0.391. The summed E-state index contributed by atoms with van der Waals surface area (Å²) < 4.78 is 21.4. The summed E-state index contributed by atoms with van der Waals surface area (Å²) in [7, 11) is 1.79. The second-order valence-electron chi connectivity index (χ2n) is 9.26. The van der Waals surface area contributed by atoms with E-state index in [9.17, 15) is 0 Å². The first-order valence-corrected chi connectivity index (χ1v) is 11.2. The van der Waals surface area contributed by atoms with E-state index >= 15 is 4.39 Å². The largest absolute Gasteiger partial charge is 0.421 e. The molecule has 7 rings (SSSR count). The van der Waals surface area contributed by atoms with E-state index in [1.807, 2.05) is 6.92 Å². The quantitative estimate of drug-likeness (QED) is 0.440. The Morgan fingerprint density at radius 2 is 2.03 bits per heavy atom. The number of nitrogens with zero attached hydrogens (tertiary/aromatic N) is 5. The van der Waals surface area contributed by atoms with Crippen molar-refractivity contribution in [3.05, 3.63) is 35.7 Å². The number of nitrogens with one attached hydrogen (secondary N) is 2. The topological polar surface area (TPSA) is 118 Å². The number of benzene rings is 1. The van der Waals surface area contributed by atoms with E-state index in [0.29, 0.717) is 40.8 Å². The highest BCUT2D eigenvalue weighted by atomic mass is 19.1. The van der Waals surface area contributed by atoms with Crippen LogP contribution in [-0.2, 0) is 6.42 Å². The van der Waals surface area contributed by atoms with Crippen molar-refractivity contribution in [2.75, 3.05) is 17.3 Å². The van der Waals surface area contributed by atoms with Crippen LogP contribution in [0.3, 0.4) is 0 Å². The fourth-order valence-corrected chi connectivity index (χ4v) is 6.14. The van der Waals surface area contributed by atoms with E-state index in [4.69, 9.17) is 15.5 Å². The number of H-pyrrole nitrogens is 1. The molecule has 2 aliphatic heterocycles. The SMILES string of the molecule is CNc1cc(F)c2c3c1[nH]c1nc(Oc4cnc(C)nc4)nc(c13)N1[C@@H]3C[C@@H]([C@H](N)C3)[C@@H]1C2. The lowest BCUT2D eigenvalue weighted by Gasteiger charge is -2.38. The van der Waals surface area contributed by atoms with Crippen LogP contribution in [0.1, 0.15) is 24.2 Å². The molecule has 0 spiro atoms. The summed E-state index contributed by atoms with van der Waals surface area (Å²) >= 11 is 0. The molecule has 1 saturated heterocycles. The van der Waals surface area contributed by atoms with E-state index in [0.717, 1.165) is 34.9 Å². The number of anilines is 2. The van der Waals surface area contributed by atoms with Crippen LogP contribution in [0.4, 0.5) is 15.9 Å². The van der Waals surface area contributed by atoms with Crippen molar-refractivity contribution in [3.8, 4) is 11.8 Å². The summed E-state index contributed by atoms with van der Waals surface area (Å²) in [5.41, 5.74) is 9.31. The number of fused-ring (bicyclic) bond motifs is 6. The van der Waals surface area contributed by atoms with E-state index < -0.39 is 0 Å². The average Bonchev–Trinajstić information content (AvgIpc) is 3.43. The van der Waals surface area contributed by atoms with Gasteiger partial charge in [-0.1, -0.05) is 0 Å². The molecule has 3 aromatic heterocycles. The molecule has 33 heavy (non-hydrogen) atoms. The lowest BCUT2D eigenvalue weighted by molar-refractivity contribution is 0.372. The molecule has 1 aromatic carbocycles. The summed E-state index contributed by atoms with van der Waals surface area (Å²) in [6.45, 7) is 1.81. The molecule has 1 aliphatic carbocycles. The third-order valence-electron chi connectivity index (χ3n) is 7.52. The number of piperidine rings is 1. The predicted molar refractivity (Wildman–Crippen MR) is 122 cm³/mol. The van der Waals surface area contributed by atoms with Crippen LogP contribution in [0.25, 0.3) is 21.9 Å². The molecule has 2 bridgehead atoms. The number of nitrogens with two attached hydrogens (primary N) is 1. The van der Waals surface area contributed by atoms with Crippen LogP contribution in [0.2, 0.25) is 0 Å². The number of hydrogen-bond acceptors (Lipinski definition) is 8. The Morgan fingerprint density at radius 3 is 2.82 bits per heavy atom. The zero-order valence-electron chi connectivity index (χ0n) is 18.3. The number of aromatic nitrogens is 5. The normalized spacial score (nSPS) is 25.2. The average molecular weight is 446 g/mol. The zero-order chi connectivity index (χ0) is 22.4. The third-order valence-corrected chi connectivity index (χ3v) is 7.52. The van der Waals surface area contributed by atoms with Crippen molar-refractivity contribution >= 4 is 33.4 Å². The van der Waals surface area contributed by atoms with Gasteiger partial charge >= 0.3 is 6.01 Å². The maximum absolute atomic E-state index is 15.4. The molecule has 0 amide bonds. The lowest BCUT2D eigenvalue weighted by Crippen LogP contribution is -2.49. The van der Waals surface area contributed by atoms with E-state index in [1.165, 1.54) is 0 Å². The first-order chi connectivity index (χ1) is 16.0. The summed E-state index contributed by atoms with van der Waals surface area (Å²) in [6.07, 6.45) is 5.70. The van der Waals surface area contributed by atoms with Crippen molar-refractivity contribution in [1.29, 1.82) is 0 Å². The highest BCUT2D eigenvalue weighted by Crippen LogP contribution is 2.51. The Kier molecular flexibility index (Phi) is 3.74. The summed E-state index contributed by atoms with van der Waals surface area (Å²) in [5, 5.41) is 4.79. The van der Waals surface area contributed by atoms with Crippen LogP contribution in [0.15, 0.2) is 18.5 Å².